The van der Waals surface area contributed by atoms with Crippen molar-refractivity contribution < 1.29 is 4.79 Å². The van der Waals surface area contributed by atoms with E-state index in [-0.39, 0.29) is 5.92 Å². The number of rotatable bonds is 4. The second-order valence-corrected chi connectivity index (χ2v) is 5.24. The zero-order valence-electron chi connectivity index (χ0n) is 10.9. The molecule has 0 unspecified atom stereocenters. The molecule has 0 heterocycles. The molecule has 0 spiro atoms. The van der Waals surface area contributed by atoms with Gasteiger partial charge < -0.3 is 10.6 Å². The molecule has 0 aliphatic heterocycles. The summed E-state index contributed by atoms with van der Waals surface area (Å²) in [5, 5.41) is 0. The standard InChI is InChI=1S/C13H26N2O/c1-4-9-15(10(2)3)13(16)11-5-7-12(14)8-6-11/h10-12H,4-9,14H2,1-3H3. The molecule has 3 heteroatoms. The van der Waals surface area contributed by atoms with E-state index in [1.165, 1.54) is 0 Å². The first-order chi connectivity index (χ1) is 7.56. The minimum absolute atomic E-state index is 0.230. The average Bonchev–Trinajstić information content (AvgIpc) is 2.25. The Hall–Kier alpha value is -0.570. The lowest BCUT2D eigenvalue weighted by molar-refractivity contribution is -0.138. The third kappa shape index (κ3) is 3.48. The number of carbonyl (C=O) groups is 1. The molecular formula is C13H26N2O. The van der Waals surface area contributed by atoms with Crippen LogP contribution in [0.15, 0.2) is 0 Å². The lowest BCUT2D eigenvalue weighted by Gasteiger charge is -2.33. The fourth-order valence-corrected chi connectivity index (χ4v) is 2.46. The van der Waals surface area contributed by atoms with Crippen molar-refractivity contribution in [2.75, 3.05) is 6.54 Å². The lowest BCUT2D eigenvalue weighted by Crippen LogP contribution is -2.43. The highest BCUT2D eigenvalue weighted by atomic mass is 16.2. The van der Waals surface area contributed by atoms with Crippen LogP contribution in [0, 0.1) is 5.92 Å². The van der Waals surface area contributed by atoms with Crippen LogP contribution < -0.4 is 5.73 Å². The highest BCUT2D eigenvalue weighted by Gasteiger charge is 2.28. The van der Waals surface area contributed by atoms with Gasteiger partial charge in [-0.05, 0) is 46.0 Å². The number of hydrogen-bond donors (Lipinski definition) is 1. The van der Waals surface area contributed by atoms with Gasteiger partial charge in [0.05, 0.1) is 0 Å². The summed E-state index contributed by atoms with van der Waals surface area (Å²) in [6, 6.07) is 0.644. The van der Waals surface area contributed by atoms with Crippen molar-refractivity contribution in [2.24, 2.45) is 11.7 Å². The van der Waals surface area contributed by atoms with Crippen molar-refractivity contribution >= 4 is 5.91 Å². The van der Waals surface area contributed by atoms with Gasteiger partial charge in [-0.2, -0.15) is 0 Å². The Morgan fingerprint density at radius 2 is 1.88 bits per heavy atom. The summed E-state index contributed by atoms with van der Waals surface area (Å²) >= 11 is 0. The molecule has 0 bridgehead atoms. The summed E-state index contributed by atoms with van der Waals surface area (Å²) in [6.07, 6.45) is 5.01. The summed E-state index contributed by atoms with van der Waals surface area (Å²) in [5.74, 6) is 0.581. The van der Waals surface area contributed by atoms with E-state index in [0.717, 1.165) is 38.6 Å². The molecule has 1 amide bonds. The first kappa shape index (κ1) is 13.5. The number of hydrogen-bond acceptors (Lipinski definition) is 2. The van der Waals surface area contributed by atoms with Crippen LogP contribution in [-0.4, -0.2) is 29.4 Å². The fourth-order valence-electron chi connectivity index (χ4n) is 2.46. The average molecular weight is 226 g/mol. The second-order valence-electron chi connectivity index (χ2n) is 5.24. The van der Waals surface area contributed by atoms with Gasteiger partial charge in [0.25, 0.3) is 0 Å². The molecule has 94 valence electrons. The SMILES string of the molecule is CCCN(C(=O)C1CCC(N)CC1)C(C)C. The molecular weight excluding hydrogens is 200 g/mol. The quantitative estimate of drug-likeness (QED) is 0.798. The van der Waals surface area contributed by atoms with Gasteiger partial charge in [0.2, 0.25) is 5.91 Å². The van der Waals surface area contributed by atoms with Crippen LogP contribution in [0.4, 0.5) is 0 Å². The smallest absolute Gasteiger partial charge is 0.225 e. The maximum atomic E-state index is 12.3. The molecule has 0 aromatic carbocycles. The summed E-state index contributed by atoms with van der Waals surface area (Å²) in [4.78, 5) is 14.4. The monoisotopic (exact) mass is 226 g/mol. The molecule has 0 atom stereocenters. The first-order valence-corrected chi connectivity index (χ1v) is 6.62. The topological polar surface area (TPSA) is 46.3 Å². The minimum Gasteiger partial charge on any atom is -0.340 e. The van der Waals surface area contributed by atoms with E-state index in [0.29, 0.717) is 18.0 Å². The van der Waals surface area contributed by atoms with E-state index in [2.05, 4.69) is 20.8 Å². The Labute approximate surface area is 99.4 Å². The molecule has 0 radical (unpaired) electrons. The third-order valence-corrected chi connectivity index (χ3v) is 3.49. The predicted molar refractivity (Wildman–Crippen MR) is 67.1 cm³/mol. The van der Waals surface area contributed by atoms with Crippen molar-refractivity contribution in [3.8, 4) is 0 Å². The predicted octanol–water partition coefficient (Wildman–Crippen LogP) is 2.15. The molecule has 1 rings (SSSR count). The lowest BCUT2D eigenvalue weighted by atomic mass is 9.85. The molecule has 1 fully saturated rings. The molecule has 1 saturated carbocycles. The molecule has 3 nitrogen and oxygen atoms in total. The Morgan fingerprint density at radius 1 is 1.31 bits per heavy atom. The van der Waals surface area contributed by atoms with E-state index < -0.39 is 0 Å². The van der Waals surface area contributed by atoms with E-state index >= 15 is 0 Å². The summed E-state index contributed by atoms with van der Waals surface area (Å²) in [5.41, 5.74) is 5.87. The van der Waals surface area contributed by atoms with Gasteiger partial charge >= 0.3 is 0 Å². The highest BCUT2D eigenvalue weighted by Crippen LogP contribution is 2.25. The molecule has 16 heavy (non-hydrogen) atoms. The Balaban J connectivity index is 2.53. The van der Waals surface area contributed by atoms with Crippen LogP contribution in [0.2, 0.25) is 0 Å². The Bertz CT molecular complexity index is 220. The molecule has 0 aromatic heterocycles. The zero-order chi connectivity index (χ0) is 12.1. The van der Waals surface area contributed by atoms with Crippen molar-refractivity contribution in [2.45, 2.75) is 65.0 Å². The van der Waals surface area contributed by atoms with Crippen LogP contribution in [-0.2, 0) is 4.79 Å². The van der Waals surface area contributed by atoms with E-state index in [1.54, 1.807) is 0 Å². The summed E-state index contributed by atoms with van der Waals surface area (Å²) in [6.45, 7) is 7.21. The van der Waals surface area contributed by atoms with Gasteiger partial charge in [-0.15, -0.1) is 0 Å². The molecule has 0 saturated heterocycles. The third-order valence-electron chi connectivity index (χ3n) is 3.49. The number of carbonyl (C=O) groups excluding carboxylic acids is 1. The number of amides is 1. The molecule has 1 aliphatic rings. The summed E-state index contributed by atoms with van der Waals surface area (Å²) in [7, 11) is 0. The van der Waals surface area contributed by atoms with Crippen LogP contribution in [0.3, 0.4) is 0 Å². The first-order valence-electron chi connectivity index (χ1n) is 6.62. The second kappa shape index (κ2) is 6.24. The van der Waals surface area contributed by atoms with Crippen molar-refractivity contribution in [1.29, 1.82) is 0 Å². The van der Waals surface area contributed by atoms with Gasteiger partial charge in [0.15, 0.2) is 0 Å². The number of nitrogens with zero attached hydrogens (tertiary/aromatic N) is 1. The zero-order valence-corrected chi connectivity index (χ0v) is 10.9. The molecule has 0 aromatic rings. The van der Waals surface area contributed by atoms with Crippen LogP contribution in [0.1, 0.15) is 52.9 Å². The van der Waals surface area contributed by atoms with E-state index in [9.17, 15) is 4.79 Å². The molecule has 1 aliphatic carbocycles. The van der Waals surface area contributed by atoms with Gasteiger partial charge in [0, 0.05) is 24.5 Å². The van der Waals surface area contributed by atoms with Crippen molar-refractivity contribution in [3.05, 3.63) is 0 Å². The minimum atomic E-state index is 0.230. The highest BCUT2D eigenvalue weighted by molar-refractivity contribution is 5.79. The van der Waals surface area contributed by atoms with Gasteiger partial charge in [-0.25, -0.2) is 0 Å². The number of nitrogens with two attached hydrogens (primary N) is 1. The van der Waals surface area contributed by atoms with E-state index in [4.69, 9.17) is 5.73 Å². The van der Waals surface area contributed by atoms with Crippen molar-refractivity contribution in [3.63, 3.8) is 0 Å². The van der Waals surface area contributed by atoms with Crippen molar-refractivity contribution in [1.82, 2.24) is 4.90 Å². The van der Waals surface area contributed by atoms with Crippen LogP contribution in [0.25, 0.3) is 0 Å². The summed E-state index contributed by atoms with van der Waals surface area (Å²) < 4.78 is 0. The van der Waals surface area contributed by atoms with Crippen LogP contribution >= 0.6 is 0 Å². The maximum Gasteiger partial charge on any atom is 0.225 e. The Kier molecular flexibility index (Phi) is 5.26. The maximum absolute atomic E-state index is 12.3. The molecule has 2 N–H and O–H groups in total. The fraction of sp³-hybridized carbons (Fsp3) is 0.923. The largest absolute Gasteiger partial charge is 0.340 e. The Morgan fingerprint density at radius 3 is 2.31 bits per heavy atom. The van der Waals surface area contributed by atoms with Gasteiger partial charge in [-0.3, -0.25) is 4.79 Å². The van der Waals surface area contributed by atoms with E-state index in [1.807, 2.05) is 4.90 Å². The normalized spacial score (nSPS) is 25.8. The van der Waals surface area contributed by atoms with Gasteiger partial charge in [0.1, 0.15) is 0 Å². The van der Waals surface area contributed by atoms with Crippen LogP contribution in [0.5, 0.6) is 0 Å². The van der Waals surface area contributed by atoms with Gasteiger partial charge in [-0.1, -0.05) is 6.92 Å².